The van der Waals surface area contributed by atoms with E-state index in [4.69, 9.17) is 9.26 Å². The summed E-state index contributed by atoms with van der Waals surface area (Å²) in [5.41, 5.74) is 3.60. The van der Waals surface area contributed by atoms with E-state index in [1.807, 2.05) is 48.5 Å². The maximum absolute atomic E-state index is 12.8. The molecule has 1 heterocycles. The molecule has 0 unspecified atom stereocenters. The number of methoxy groups -OCH3 is 1. The average molecular weight is 392 g/mol. The Kier molecular flexibility index (Phi) is 5.03. The van der Waals surface area contributed by atoms with E-state index < -0.39 is 17.9 Å². The molecule has 0 spiro atoms. The van der Waals surface area contributed by atoms with E-state index in [1.54, 1.807) is 7.11 Å². The summed E-state index contributed by atoms with van der Waals surface area (Å²) in [7, 11) is 1.61. The predicted molar refractivity (Wildman–Crippen MR) is 105 cm³/mol. The van der Waals surface area contributed by atoms with Gasteiger partial charge in [0.05, 0.1) is 7.11 Å². The highest BCUT2D eigenvalue weighted by Gasteiger charge is 2.30. The van der Waals surface area contributed by atoms with Gasteiger partial charge in [0.2, 0.25) is 0 Å². The van der Waals surface area contributed by atoms with Gasteiger partial charge in [0, 0.05) is 17.5 Å². The average Bonchev–Trinajstić information content (AvgIpc) is 3.18. The molecule has 0 aliphatic heterocycles. The highest BCUT2D eigenvalue weighted by molar-refractivity contribution is 5.97. The van der Waals surface area contributed by atoms with Crippen molar-refractivity contribution in [2.45, 2.75) is 25.3 Å². The van der Waals surface area contributed by atoms with Crippen LogP contribution in [0.3, 0.4) is 0 Å². The lowest BCUT2D eigenvalue weighted by molar-refractivity contribution is -0.139. The third-order valence-corrected chi connectivity index (χ3v) is 5.09. The summed E-state index contributed by atoms with van der Waals surface area (Å²) in [6, 6.07) is 13.8. The number of carboxylic acids is 1. The SMILES string of the molecule is COc1ccc2c(c1)CCc1c(C(=O)N[C@@H](Cc3ccccc3)C(=O)O)noc1-2. The van der Waals surface area contributed by atoms with E-state index in [9.17, 15) is 14.7 Å². The summed E-state index contributed by atoms with van der Waals surface area (Å²) in [5, 5.41) is 16.1. The van der Waals surface area contributed by atoms with Crippen LogP contribution >= 0.6 is 0 Å². The second-order valence-electron chi connectivity index (χ2n) is 6.92. The lowest BCUT2D eigenvalue weighted by atomic mass is 9.89. The molecule has 2 aromatic carbocycles. The number of hydrogen-bond donors (Lipinski definition) is 2. The predicted octanol–water partition coefficient (Wildman–Crippen LogP) is 2.87. The zero-order valence-electron chi connectivity index (χ0n) is 15.8. The number of nitrogens with one attached hydrogen (secondary N) is 1. The monoisotopic (exact) mass is 392 g/mol. The van der Waals surface area contributed by atoms with Crippen molar-refractivity contribution in [2.24, 2.45) is 0 Å². The molecule has 1 amide bonds. The molecule has 2 N–H and O–H groups in total. The van der Waals surface area contributed by atoms with Crippen LogP contribution in [0.25, 0.3) is 11.3 Å². The van der Waals surface area contributed by atoms with Gasteiger partial charge in [-0.3, -0.25) is 4.79 Å². The van der Waals surface area contributed by atoms with Crippen LogP contribution in [0.4, 0.5) is 0 Å². The first kappa shape index (κ1) is 18.7. The zero-order chi connectivity index (χ0) is 20.4. The minimum absolute atomic E-state index is 0.140. The fourth-order valence-corrected chi connectivity index (χ4v) is 3.59. The quantitative estimate of drug-likeness (QED) is 0.669. The van der Waals surface area contributed by atoms with Crippen LogP contribution in [-0.2, 0) is 24.1 Å². The molecule has 1 atom stereocenters. The second-order valence-corrected chi connectivity index (χ2v) is 6.92. The Morgan fingerprint density at radius 1 is 1.21 bits per heavy atom. The first-order chi connectivity index (χ1) is 14.1. The molecule has 7 heteroatoms. The molecule has 1 aliphatic rings. The van der Waals surface area contributed by atoms with Gasteiger partial charge in [0.1, 0.15) is 11.8 Å². The number of carbonyl (C=O) groups is 2. The van der Waals surface area contributed by atoms with Gasteiger partial charge in [-0.05, 0) is 42.2 Å². The van der Waals surface area contributed by atoms with Crippen molar-refractivity contribution in [3.8, 4) is 17.1 Å². The molecule has 148 valence electrons. The number of aliphatic carboxylic acids is 1. The Bertz CT molecular complexity index is 1060. The van der Waals surface area contributed by atoms with Gasteiger partial charge in [0.25, 0.3) is 5.91 Å². The lowest BCUT2D eigenvalue weighted by Gasteiger charge is -2.17. The molecule has 0 fully saturated rings. The molecule has 0 bridgehead atoms. The molecule has 0 saturated carbocycles. The first-order valence-electron chi connectivity index (χ1n) is 9.30. The minimum Gasteiger partial charge on any atom is -0.497 e. The van der Waals surface area contributed by atoms with Gasteiger partial charge in [-0.1, -0.05) is 35.5 Å². The van der Waals surface area contributed by atoms with E-state index >= 15 is 0 Å². The van der Waals surface area contributed by atoms with Crippen molar-refractivity contribution in [1.29, 1.82) is 0 Å². The molecule has 4 rings (SSSR count). The standard InChI is InChI=1S/C22H20N2O5/c1-28-15-8-10-16-14(12-15)7-9-17-19(24-29-20(16)17)21(25)23-18(22(26)27)11-13-5-3-2-4-6-13/h2-6,8,10,12,18H,7,9,11H2,1H3,(H,23,25)(H,26,27)/t18-/m0/s1. The smallest absolute Gasteiger partial charge is 0.326 e. The lowest BCUT2D eigenvalue weighted by Crippen LogP contribution is -2.42. The highest BCUT2D eigenvalue weighted by atomic mass is 16.5. The number of benzene rings is 2. The second kappa shape index (κ2) is 7.79. The van der Waals surface area contributed by atoms with Crippen LogP contribution in [0.5, 0.6) is 5.75 Å². The molecular formula is C22H20N2O5. The Labute approximate surface area is 167 Å². The van der Waals surface area contributed by atoms with Crippen LogP contribution in [0.2, 0.25) is 0 Å². The number of carbonyl (C=O) groups excluding carboxylic acids is 1. The fraction of sp³-hybridized carbons (Fsp3) is 0.227. The Morgan fingerprint density at radius 3 is 2.72 bits per heavy atom. The molecule has 0 saturated heterocycles. The topological polar surface area (TPSA) is 102 Å². The molecule has 1 aromatic heterocycles. The molecular weight excluding hydrogens is 372 g/mol. The van der Waals surface area contributed by atoms with E-state index in [2.05, 4.69) is 10.5 Å². The van der Waals surface area contributed by atoms with Crippen LogP contribution < -0.4 is 10.1 Å². The number of aromatic nitrogens is 1. The first-order valence-corrected chi connectivity index (χ1v) is 9.30. The van der Waals surface area contributed by atoms with E-state index in [0.29, 0.717) is 24.2 Å². The van der Waals surface area contributed by atoms with Gasteiger partial charge < -0.3 is 19.7 Å². The number of fused-ring (bicyclic) bond motifs is 3. The molecule has 3 aromatic rings. The number of hydrogen-bond acceptors (Lipinski definition) is 5. The molecule has 7 nitrogen and oxygen atoms in total. The van der Waals surface area contributed by atoms with Gasteiger partial charge in [-0.2, -0.15) is 0 Å². The van der Waals surface area contributed by atoms with Crippen molar-refractivity contribution in [3.63, 3.8) is 0 Å². The number of aryl methyl sites for hydroxylation is 1. The maximum Gasteiger partial charge on any atom is 0.326 e. The molecule has 1 aliphatic carbocycles. The number of nitrogens with zero attached hydrogens (tertiary/aromatic N) is 1. The van der Waals surface area contributed by atoms with Crippen LogP contribution in [0.1, 0.15) is 27.2 Å². The normalized spacial score (nSPS) is 13.1. The number of rotatable bonds is 6. The Hall–Kier alpha value is -3.61. The highest BCUT2D eigenvalue weighted by Crippen LogP contribution is 2.37. The van der Waals surface area contributed by atoms with E-state index in [1.165, 1.54) is 0 Å². The number of amides is 1. The molecule has 0 radical (unpaired) electrons. The molecule has 29 heavy (non-hydrogen) atoms. The van der Waals surface area contributed by atoms with Crippen molar-refractivity contribution >= 4 is 11.9 Å². The third kappa shape index (κ3) is 3.71. The largest absolute Gasteiger partial charge is 0.497 e. The fourth-order valence-electron chi connectivity index (χ4n) is 3.59. The summed E-state index contributed by atoms with van der Waals surface area (Å²) >= 11 is 0. The maximum atomic E-state index is 12.8. The third-order valence-electron chi connectivity index (χ3n) is 5.09. The van der Waals surface area contributed by atoms with Gasteiger partial charge in [0.15, 0.2) is 11.5 Å². The Balaban J connectivity index is 1.57. The van der Waals surface area contributed by atoms with Crippen LogP contribution in [0, 0.1) is 0 Å². The summed E-state index contributed by atoms with van der Waals surface area (Å²) in [4.78, 5) is 24.4. The zero-order valence-corrected chi connectivity index (χ0v) is 15.8. The van der Waals surface area contributed by atoms with Crippen LogP contribution in [0.15, 0.2) is 53.1 Å². The van der Waals surface area contributed by atoms with Crippen molar-refractivity contribution in [2.75, 3.05) is 7.11 Å². The van der Waals surface area contributed by atoms with Crippen molar-refractivity contribution in [3.05, 3.63) is 70.9 Å². The minimum atomic E-state index is -1.10. The van der Waals surface area contributed by atoms with Crippen molar-refractivity contribution < 1.29 is 24.0 Å². The summed E-state index contributed by atoms with van der Waals surface area (Å²) in [6.45, 7) is 0. The summed E-state index contributed by atoms with van der Waals surface area (Å²) < 4.78 is 10.7. The number of ether oxygens (including phenoxy) is 1. The van der Waals surface area contributed by atoms with E-state index in [0.717, 1.165) is 22.4 Å². The van der Waals surface area contributed by atoms with Crippen LogP contribution in [-0.4, -0.2) is 35.3 Å². The van der Waals surface area contributed by atoms with Gasteiger partial charge >= 0.3 is 5.97 Å². The summed E-state index contributed by atoms with van der Waals surface area (Å²) in [5.74, 6) is -0.337. The number of carboxylic acid groups (broad SMARTS) is 1. The van der Waals surface area contributed by atoms with Gasteiger partial charge in [-0.25, -0.2) is 4.79 Å². The van der Waals surface area contributed by atoms with Gasteiger partial charge in [-0.15, -0.1) is 0 Å². The van der Waals surface area contributed by atoms with Crippen molar-refractivity contribution in [1.82, 2.24) is 10.5 Å². The Morgan fingerprint density at radius 2 is 2.00 bits per heavy atom. The van der Waals surface area contributed by atoms with E-state index in [-0.39, 0.29) is 12.1 Å². The summed E-state index contributed by atoms with van der Waals surface area (Å²) in [6.07, 6.45) is 1.48.